The van der Waals surface area contributed by atoms with E-state index in [1.54, 1.807) is 5.01 Å². The van der Waals surface area contributed by atoms with Gasteiger partial charge in [-0.15, -0.1) is 53.8 Å². The first-order valence-corrected chi connectivity index (χ1v) is 12.7. The first kappa shape index (κ1) is 23.9. The molecule has 0 aliphatic carbocycles. The molecule has 8 rings (SSSR count). The maximum atomic E-state index is 4.61. The summed E-state index contributed by atoms with van der Waals surface area (Å²) in [6.07, 6.45) is 3.65. The normalized spacial score (nSPS) is 14.2. The monoisotopic (exact) mass is 681 g/mol. The van der Waals surface area contributed by atoms with Crippen LogP contribution in [0.25, 0.3) is 33.5 Å². The van der Waals surface area contributed by atoms with Crippen molar-refractivity contribution in [2.75, 3.05) is 16.8 Å². The molecule has 4 aromatic carbocycles. The third-order valence-corrected chi connectivity index (χ3v) is 7.53. The van der Waals surface area contributed by atoms with Crippen LogP contribution in [0.4, 0.5) is 17.1 Å². The zero-order valence-corrected chi connectivity index (χ0v) is 23.3. The Kier molecular flexibility index (Phi) is 5.68. The van der Waals surface area contributed by atoms with Gasteiger partial charge in [0.2, 0.25) is 0 Å². The molecule has 4 heterocycles. The quantitative estimate of drug-likeness (QED) is 0.193. The van der Waals surface area contributed by atoms with Gasteiger partial charge >= 0.3 is 6.85 Å². The molecule has 7 heteroatoms. The van der Waals surface area contributed by atoms with Crippen molar-refractivity contribution in [2.24, 2.45) is 5.10 Å². The molecule has 0 unspecified atom stereocenters. The van der Waals surface area contributed by atoms with Crippen molar-refractivity contribution in [3.05, 3.63) is 116 Å². The Balaban J connectivity index is 0.00000253. The largest absolute Gasteiger partial charge is 0.483 e. The van der Waals surface area contributed by atoms with E-state index in [-0.39, 0.29) is 27.9 Å². The first-order chi connectivity index (χ1) is 18.8. The number of hydrogen-bond donors (Lipinski definition) is 0. The molecule has 39 heavy (non-hydrogen) atoms. The molecular formula is C32H21BN5Pt-3. The fourth-order valence-electron chi connectivity index (χ4n) is 5.87. The van der Waals surface area contributed by atoms with Gasteiger partial charge in [-0.2, -0.15) is 6.07 Å². The summed E-state index contributed by atoms with van der Waals surface area (Å²) in [5.41, 5.74) is 12.3. The van der Waals surface area contributed by atoms with Crippen molar-refractivity contribution in [1.29, 1.82) is 0 Å². The van der Waals surface area contributed by atoms with Crippen LogP contribution in [-0.2, 0) is 21.1 Å². The van der Waals surface area contributed by atoms with E-state index >= 15 is 0 Å². The molecule has 190 valence electrons. The number of aromatic nitrogens is 1. The third-order valence-electron chi connectivity index (χ3n) is 7.53. The molecule has 5 aromatic rings. The van der Waals surface area contributed by atoms with Crippen LogP contribution in [0.15, 0.2) is 102 Å². The van der Waals surface area contributed by atoms with Gasteiger partial charge in [-0.3, -0.25) is 0 Å². The summed E-state index contributed by atoms with van der Waals surface area (Å²) in [5.74, 6) is 0. The second kappa shape index (κ2) is 9.25. The van der Waals surface area contributed by atoms with Crippen LogP contribution in [0, 0.1) is 18.8 Å². The summed E-state index contributed by atoms with van der Waals surface area (Å²) >= 11 is 0. The standard InChI is InChI=1S/C32H21BN5.Pt/c1-36-21-37(20-35-36)23-14-16-27-25-9-3-5-11-29(25)33-28-10-4-2-8-24(28)26-15-13-22(30-12-6-7-17-34-30)18-31(26)38(33)32(27)19-23;/h2-17,20-21H,1H3;/q-3;. The zero-order chi connectivity index (χ0) is 25.2. The number of hydrazone groups is 1. The molecule has 1 aromatic heterocycles. The summed E-state index contributed by atoms with van der Waals surface area (Å²) in [6, 6.07) is 39.7. The Bertz CT molecular complexity index is 1760. The smallest absolute Gasteiger partial charge is 0.324 e. The van der Waals surface area contributed by atoms with Gasteiger partial charge in [0.05, 0.1) is 6.34 Å². The van der Waals surface area contributed by atoms with Gasteiger partial charge in [0, 0.05) is 27.3 Å². The summed E-state index contributed by atoms with van der Waals surface area (Å²) in [4.78, 5) is 9.03. The predicted molar refractivity (Wildman–Crippen MR) is 155 cm³/mol. The molecule has 0 fully saturated rings. The van der Waals surface area contributed by atoms with E-state index < -0.39 is 0 Å². The molecular weight excluding hydrogens is 660 g/mol. The second-order valence-corrected chi connectivity index (χ2v) is 9.73. The minimum absolute atomic E-state index is 0. The van der Waals surface area contributed by atoms with E-state index in [0.717, 1.165) is 39.4 Å². The van der Waals surface area contributed by atoms with E-state index in [2.05, 4.69) is 99.8 Å². The minimum atomic E-state index is 0. The van der Waals surface area contributed by atoms with Crippen LogP contribution in [0.3, 0.4) is 0 Å². The average molecular weight is 681 g/mol. The molecule has 0 amide bonds. The molecule has 0 saturated carbocycles. The summed E-state index contributed by atoms with van der Waals surface area (Å²) < 4.78 is 0. The number of anilines is 3. The van der Waals surface area contributed by atoms with Crippen LogP contribution in [-0.4, -0.2) is 30.2 Å². The molecule has 0 spiro atoms. The molecule has 0 saturated heterocycles. The van der Waals surface area contributed by atoms with Gasteiger partial charge in [0.25, 0.3) is 0 Å². The molecule has 3 aliphatic rings. The number of hydrogen-bond acceptors (Lipinski definition) is 5. The Morgan fingerprint density at radius 2 is 1.38 bits per heavy atom. The molecule has 0 atom stereocenters. The molecule has 0 radical (unpaired) electrons. The number of rotatable bonds is 2. The van der Waals surface area contributed by atoms with Crippen molar-refractivity contribution in [3.63, 3.8) is 0 Å². The first-order valence-electron chi connectivity index (χ1n) is 12.7. The topological polar surface area (TPSA) is 35.0 Å². The van der Waals surface area contributed by atoms with Crippen LogP contribution >= 0.6 is 0 Å². The Morgan fingerprint density at radius 3 is 2.05 bits per heavy atom. The van der Waals surface area contributed by atoms with Gasteiger partial charge in [-0.1, -0.05) is 99.7 Å². The van der Waals surface area contributed by atoms with Gasteiger partial charge in [0.15, 0.2) is 0 Å². The van der Waals surface area contributed by atoms with Gasteiger partial charge in [-0.05, 0) is 18.8 Å². The number of benzene rings is 4. The average Bonchev–Trinajstić information content (AvgIpc) is 3.43. The van der Waals surface area contributed by atoms with Crippen molar-refractivity contribution >= 4 is 41.2 Å². The van der Waals surface area contributed by atoms with E-state index in [4.69, 9.17) is 0 Å². The SMILES string of the molecule is CN1[CH-]N(c2[c-]c3c(cc2)-c2ccccc2B2c4ccccc4-c4ccc(-c5ccccn5)[c-]c4N23)C=N1.[Pt]. The van der Waals surface area contributed by atoms with E-state index in [9.17, 15) is 0 Å². The molecule has 5 nitrogen and oxygen atoms in total. The predicted octanol–water partition coefficient (Wildman–Crippen LogP) is 5.07. The molecule has 0 bridgehead atoms. The number of nitrogens with zero attached hydrogens (tertiary/aromatic N) is 5. The fourth-order valence-corrected chi connectivity index (χ4v) is 5.87. The van der Waals surface area contributed by atoms with E-state index in [0.29, 0.717) is 0 Å². The van der Waals surface area contributed by atoms with Gasteiger partial charge < -0.3 is 19.7 Å². The van der Waals surface area contributed by atoms with Crippen LogP contribution in [0.1, 0.15) is 0 Å². The summed E-state index contributed by atoms with van der Waals surface area (Å²) in [7, 11) is 1.92. The number of fused-ring (bicyclic) bond motifs is 11. The molecule has 3 aliphatic heterocycles. The third kappa shape index (κ3) is 3.66. The molecule has 0 N–H and O–H groups in total. The minimum Gasteiger partial charge on any atom is -0.483 e. The number of pyridine rings is 1. The maximum absolute atomic E-state index is 4.61. The summed E-state index contributed by atoms with van der Waals surface area (Å²) in [6.45, 7) is 1.96. The summed E-state index contributed by atoms with van der Waals surface area (Å²) in [5, 5.41) is 6.16. The van der Waals surface area contributed by atoms with Gasteiger partial charge in [0.1, 0.15) is 0 Å². The van der Waals surface area contributed by atoms with Crippen molar-refractivity contribution in [2.45, 2.75) is 0 Å². The Morgan fingerprint density at radius 1 is 0.718 bits per heavy atom. The second-order valence-electron chi connectivity index (χ2n) is 9.73. The van der Waals surface area contributed by atoms with Crippen molar-refractivity contribution < 1.29 is 21.1 Å². The Labute approximate surface area is 242 Å². The van der Waals surface area contributed by atoms with Crippen molar-refractivity contribution in [1.82, 2.24) is 9.99 Å². The van der Waals surface area contributed by atoms with Crippen LogP contribution in [0.5, 0.6) is 0 Å². The zero-order valence-electron chi connectivity index (χ0n) is 21.0. The van der Waals surface area contributed by atoms with Gasteiger partial charge in [-0.25, -0.2) is 5.10 Å². The van der Waals surface area contributed by atoms with E-state index in [1.807, 2.05) is 49.4 Å². The van der Waals surface area contributed by atoms with Crippen LogP contribution in [0.2, 0.25) is 0 Å². The fraction of sp³-hybridized carbons (Fsp3) is 0.0312. The maximum Gasteiger partial charge on any atom is 0.324 e. The Hall–Kier alpha value is -4.15. The van der Waals surface area contributed by atoms with E-state index in [1.165, 1.54) is 22.1 Å². The van der Waals surface area contributed by atoms with Crippen molar-refractivity contribution in [3.8, 4) is 33.5 Å². The van der Waals surface area contributed by atoms with Crippen LogP contribution < -0.4 is 20.6 Å².